The zero-order chi connectivity index (χ0) is 17.9. The van der Waals surface area contributed by atoms with Gasteiger partial charge < -0.3 is 29.3 Å². The van der Waals surface area contributed by atoms with Gasteiger partial charge in [0, 0.05) is 46.9 Å². The second kappa shape index (κ2) is 10.8. The van der Waals surface area contributed by atoms with E-state index in [4.69, 9.17) is 14.2 Å². The van der Waals surface area contributed by atoms with E-state index in [1.54, 1.807) is 14.2 Å². The molecule has 0 atom stereocenters. The topological polar surface area (TPSA) is 58.6 Å². The summed E-state index contributed by atoms with van der Waals surface area (Å²) < 4.78 is 15.9. The minimum atomic E-state index is 0.619. The van der Waals surface area contributed by atoms with Gasteiger partial charge in [-0.25, -0.2) is 0 Å². The number of nitrogens with zero attached hydrogens (tertiary/aromatic N) is 3. The maximum Gasteiger partial charge on any atom is 0.193 e. The molecule has 0 radical (unpaired) electrons. The summed E-state index contributed by atoms with van der Waals surface area (Å²) in [4.78, 5) is 9.02. The Morgan fingerprint density at radius 1 is 1.08 bits per heavy atom. The molecule has 1 aromatic rings. The van der Waals surface area contributed by atoms with Crippen molar-refractivity contribution in [2.75, 3.05) is 78.7 Å². The molecule has 1 aliphatic rings. The van der Waals surface area contributed by atoms with E-state index in [0.29, 0.717) is 19.8 Å². The maximum absolute atomic E-state index is 5.47. The quantitative estimate of drug-likeness (QED) is 0.430. The summed E-state index contributed by atoms with van der Waals surface area (Å²) in [5.74, 6) is 1.85. The second-order valence-electron chi connectivity index (χ2n) is 5.73. The molecule has 0 unspecified atom stereocenters. The van der Waals surface area contributed by atoms with Crippen LogP contribution in [0.4, 0.5) is 5.69 Å². The van der Waals surface area contributed by atoms with Crippen LogP contribution in [0, 0.1) is 0 Å². The van der Waals surface area contributed by atoms with Crippen LogP contribution in [0.1, 0.15) is 0 Å². The molecule has 0 spiro atoms. The number of para-hydroxylation sites is 2. The highest BCUT2D eigenvalue weighted by molar-refractivity contribution is 5.80. The first-order chi connectivity index (χ1) is 12.3. The van der Waals surface area contributed by atoms with Crippen molar-refractivity contribution in [2.24, 2.45) is 4.99 Å². The number of nitrogens with one attached hydrogen (secondary N) is 1. The van der Waals surface area contributed by atoms with Gasteiger partial charge in [-0.05, 0) is 12.1 Å². The Bertz CT molecular complexity index is 531. The zero-order valence-electron chi connectivity index (χ0n) is 15.5. The van der Waals surface area contributed by atoms with E-state index in [-0.39, 0.29) is 0 Å². The van der Waals surface area contributed by atoms with Gasteiger partial charge in [0.1, 0.15) is 5.75 Å². The van der Waals surface area contributed by atoms with E-state index < -0.39 is 0 Å². The number of methoxy groups -OCH3 is 2. The van der Waals surface area contributed by atoms with Crippen LogP contribution in [0.3, 0.4) is 0 Å². The van der Waals surface area contributed by atoms with Crippen LogP contribution < -0.4 is 15.0 Å². The summed E-state index contributed by atoms with van der Waals surface area (Å²) in [6, 6.07) is 8.16. The number of anilines is 1. The third kappa shape index (κ3) is 5.79. The van der Waals surface area contributed by atoms with Gasteiger partial charge in [0.15, 0.2) is 5.96 Å². The molecule has 1 fully saturated rings. The number of hydrogen-bond acceptors (Lipinski definition) is 5. The second-order valence-corrected chi connectivity index (χ2v) is 5.73. The molecule has 1 heterocycles. The zero-order valence-corrected chi connectivity index (χ0v) is 15.5. The number of ether oxygens (including phenoxy) is 3. The smallest absolute Gasteiger partial charge is 0.193 e. The first-order valence-corrected chi connectivity index (χ1v) is 8.70. The van der Waals surface area contributed by atoms with Gasteiger partial charge in [0.25, 0.3) is 0 Å². The molecule has 0 bridgehead atoms. The largest absolute Gasteiger partial charge is 0.495 e. The van der Waals surface area contributed by atoms with Crippen LogP contribution in [-0.2, 0) is 9.47 Å². The fourth-order valence-corrected chi connectivity index (χ4v) is 2.86. The van der Waals surface area contributed by atoms with E-state index in [1.165, 1.54) is 0 Å². The molecular weight excluding hydrogens is 320 g/mol. The van der Waals surface area contributed by atoms with E-state index in [2.05, 4.69) is 26.2 Å². The van der Waals surface area contributed by atoms with Gasteiger partial charge in [0.2, 0.25) is 0 Å². The molecule has 1 saturated heterocycles. The number of benzene rings is 1. The van der Waals surface area contributed by atoms with Crippen molar-refractivity contribution in [3.8, 4) is 5.75 Å². The van der Waals surface area contributed by atoms with Crippen molar-refractivity contribution in [2.45, 2.75) is 0 Å². The summed E-state index contributed by atoms with van der Waals surface area (Å²) in [5, 5.41) is 3.36. The molecule has 7 nitrogen and oxygen atoms in total. The van der Waals surface area contributed by atoms with Gasteiger partial charge in [-0.15, -0.1) is 0 Å². The van der Waals surface area contributed by atoms with Crippen molar-refractivity contribution < 1.29 is 14.2 Å². The number of aliphatic imine (C=N–C) groups is 1. The van der Waals surface area contributed by atoms with Gasteiger partial charge >= 0.3 is 0 Å². The fourth-order valence-electron chi connectivity index (χ4n) is 2.86. The van der Waals surface area contributed by atoms with E-state index in [0.717, 1.165) is 50.1 Å². The van der Waals surface area contributed by atoms with Crippen LogP contribution in [0.15, 0.2) is 29.3 Å². The Morgan fingerprint density at radius 3 is 2.52 bits per heavy atom. The van der Waals surface area contributed by atoms with E-state index in [9.17, 15) is 0 Å². The van der Waals surface area contributed by atoms with Crippen molar-refractivity contribution >= 4 is 11.6 Å². The summed E-state index contributed by atoms with van der Waals surface area (Å²) in [6.45, 7) is 6.34. The van der Waals surface area contributed by atoms with Gasteiger partial charge in [0.05, 0.1) is 32.6 Å². The minimum absolute atomic E-state index is 0.619. The molecule has 0 aliphatic carbocycles. The molecule has 0 aromatic heterocycles. The fraction of sp³-hybridized carbons (Fsp3) is 0.611. The molecule has 1 N–H and O–H groups in total. The lowest BCUT2D eigenvalue weighted by molar-refractivity contribution is 0.0731. The van der Waals surface area contributed by atoms with Crippen LogP contribution in [-0.4, -0.2) is 84.7 Å². The Balaban J connectivity index is 1.78. The molecule has 2 rings (SSSR count). The SMILES string of the molecule is CN=C(NCCOCCOC)N1CCN(c2ccccc2OC)CC1. The summed E-state index contributed by atoms with van der Waals surface area (Å²) in [5.41, 5.74) is 1.15. The Hall–Kier alpha value is -1.99. The summed E-state index contributed by atoms with van der Waals surface area (Å²) >= 11 is 0. The van der Waals surface area contributed by atoms with Crippen molar-refractivity contribution in [1.82, 2.24) is 10.2 Å². The molecular formula is C18H30N4O3. The van der Waals surface area contributed by atoms with Gasteiger partial charge in [-0.2, -0.15) is 0 Å². The van der Waals surface area contributed by atoms with E-state index in [1.807, 2.05) is 25.2 Å². The molecule has 1 aliphatic heterocycles. The van der Waals surface area contributed by atoms with Crippen molar-refractivity contribution in [3.63, 3.8) is 0 Å². The molecule has 7 heteroatoms. The monoisotopic (exact) mass is 350 g/mol. The van der Waals surface area contributed by atoms with E-state index >= 15 is 0 Å². The summed E-state index contributed by atoms with van der Waals surface area (Å²) in [7, 11) is 5.21. The molecule has 1 aromatic carbocycles. The Kier molecular flexibility index (Phi) is 8.34. The van der Waals surface area contributed by atoms with Gasteiger partial charge in [-0.3, -0.25) is 4.99 Å². The lowest BCUT2D eigenvalue weighted by Gasteiger charge is -2.38. The highest BCUT2D eigenvalue weighted by Gasteiger charge is 2.21. The Labute approximate surface area is 150 Å². The minimum Gasteiger partial charge on any atom is -0.495 e. The lowest BCUT2D eigenvalue weighted by Crippen LogP contribution is -2.53. The van der Waals surface area contributed by atoms with Crippen molar-refractivity contribution in [1.29, 1.82) is 0 Å². The predicted octanol–water partition coefficient (Wildman–Crippen LogP) is 1.06. The predicted molar refractivity (Wildman–Crippen MR) is 101 cm³/mol. The molecule has 0 saturated carbocycles. The highest BCUT2D eigenvalue weighted by Crippen LogP contribution is 2.28. The Morgan fingerprint density at radius 2 is 1.84 bits per heavy atom. The molecule has 140 valence electrons. The average molecular weight is 350 g/mol. The highest BCUT2D eigenvalue weighted by atomic mass is 16.5. The van der Waals surface area contributed by atoms with Crippen LogP contribution in [0.5, 0.6) is 5.75 Å². The molecule has 25 heavy (non-hydrogen) atoms. The van der Waals surface area contributed by atoms with Crippen molar-refractivity contribution in [3.05, 3.63) is 24.3 Å². The third-order valence-electron chi connectivity index (χ3n) is 4.18. The first kappa shape index (κ1) is 19.3. The van der Waals surface area contributed by atoms with Gasteiger partial charge in [-0.1, -0.05) is 12.1 Å². The standard InChI is InChI=1S/C18H30N4O3/c1-19-18(20-8-13-25-15-14-23-2)22-11-9-21(10-12-22)16-6-4-5-7-17(16)24-3/h4-7H,8-15H2,1-3H3,(H,19,20). The number of hydrogen-bond donors (Lipinski definition) is 1. The summed E-state index contributed by atoms with van der Waals surface area (Å²) in [6.07, 6.45) is 0. The lowest BCUT2D eigenvalue weighted by atomic mass is 10.2. The number of piperazine rings is 1. The normalized spacial score (nSPS) is 15.4. The number of guanidine groups is 1. The van der Waals surface area contributed by atoms with Crippen LogP contribution in [0.25, 0.3) is 0 Å². The molecule has 0 amide bonds. The average Bonchev–Trinajstić information content (AvgIpc) is 2.68. The maximum atomic E-state index is 5.47. The van der Waals surface area contributed by atoms with Crippen LogP contribution >= 0.6 is 0 Å². The number of rotatable bonds is 8. The third-order valence-corrected chi connectivity index (χ3v) is 4.18. The first-order valence-electron chi connectivity index (χ1n) is 8.70. The van der Waals surface area contributed by atoms with Crippen LogP contribution in [0.2, 0.25) is 0 Å².